The van der Waals surface area contributed by atoms with E-state index in [-0.39, 0.29) is 29.4 Å². The number of oxazole rings is 1. The zero-order valence-electron chi connectivity index (χ0n) is 25.8. The molecule has 4 heterocycles. The highest BCUT2D eigenvalue weighted by Gasteiger charge is 2.36. The van der Waals surface area contributed by atoms with Crippen LogP contribution in [0.1, 0.15) is 43.2 Å². The van der Waals surface area contributed by atoms with Gasteiger partial charge in [-0.25, -0.2) is 4.98 Å². The topological polar surface area (TPSA) is 138 Å². The van der Waals surface area contributed by atoms with Crippen molar-refractivity contribution in [3.05, 3.63) is 90.8 Å². The predicted molar refractivity (Wildman–Crippen MR) is 175 cm³/mol. The number of anilines is 2. The molecule has 2 saturated heterocycles. The van der Waals surface area contributed by atoms with Gasteiger partial charge in [-0.1, -0.05) is 18.2 Å². The van der Waals surface area contributed by atoms with Gasteiger partial charge in [0, 0.05) is 47.9 Å². The lowest BCUT2D eigenvalue weighted by atomic mass is 10.1. The van der Waals surface area contributed by atoms with E-state index in [4.69, 9.17) is 8.83 Å². The molecular formula is C36H33N5O6. The van der Waals surface area contributed by atoms with Crippen molar-refractivity contribution in [1.29, 1.82) is 0 Å². The number of likely N-dealkylation sites (tertiary alicyclic amines) is 2. The predicted octanol–water partition coefficient (Wildman–Crippen LogP) is 5.95. The third-order valence-corrected chi connectivity index (χ3v) is 8.75. The van der Waals surface area contributed by atoms with Gasteiger partial charge in [0.15, 0.2) is 11.5 Å². The zero-order chi connectivity index (χ0) is 32.5. The second-order valence-electron chi connectivity index (χ2n) is 11.8. The van der Waals surface area contributed by atoms with Crippen molar-refractivity contribution in [1.82, 2.24) is 14.8 Å². The Morgan fingerprint density at radius 1 is 0.745 bits per heavy atom. The monoisotopic (exact) mass is 631 g/mol. The Hall–Kier alpha value is -5.71. The van der Waals surface area contributed by atoms with Crippen LogP contribution in [-0.4, -0.2) is 63.6 Å². The molecule has 0 saturated carbocycles. The molecule has 11 nitrogen and oxygen atoms in total. The van der Waals surface area contributed by atoms with Crippen molar-refractivity contribution in [2.24, 2.45) is 0 Å². The molecule has 5 aromatic rings. The molecule has 2 fully saturated rings. The number of fused-ring (bicyclic) bond motifs is 1. The maximum Gasteiger partial charge on any atom is 0.290 e. The number of furan rings is 1. The molecule has 2 aromatic heterocycles. The number of para-hydroxylation sites is 1. The van der Waals surface area contributed by atoms with Gasteiger partial charge in [-0.05, 0) is 86.3 Å². The van der Waals surface area contributed by atoms with Gasteiger partial charge in [0.05, 0.1) is 6.20 Å². The first-order valence-electron chi connectivity index (χ1n) is 15.7. The van der Waals surface area contributed by atoms with Gasteiger partial charge in [-0.15, -0.1) is 0 Å². The van der Waals surface area contributed by atoms with Gasteiger partial charge in [0.1, 0.15) is 17.7 Å². The number of hydrogen-bond donors (Lipinski definition) is 2. The minimum atomic E-state index is -0.595. The number of carbonyl (C=O) groups is 4. The molecule has 2 aliphatic rings. The molecule has 0 radical (unpaired) electrons. The summed E-state index contributed by atoms with van der Waals surface area (Å²) < 4.78 is 11.8. The van der Waals surface area contributed by atoms with Gasteiger partial charge in [0.25, 0.3) is 5.91 Å². The Morgan fingerprint density at radius 3 is 1.98 bits per heavy atom. The van der Waals surface area contributed by atoms with Crippen LogP contribution in [0.4, 0.5) is 11.4 Å². The van der Waals surface area contributed by atoms with Crippen molar-refractivity contribution in [3.8, 4) is 22.8 Å². The SMILES string of the molecule is CC(=O)N1CCC[C@H]1C(=O)Nc1ccc(-c2cnc(-c3ccc(NC(=O)[C@@H]4CCCN4C(=O)c4cc5ccccc5o4)cc3)o2)cc1. The summed E-state index contributed by atoms with van der Waals surface area (Å²) in [6.45, 7) is 2.57. The lowest BCUT2D eigenvalue weighted by Gasteiger charge is -2.23. The standard InChI is InChI=1S/C36H33N5O6/c1-22(42)40-18-4-7-28(40)33(43)38-26-14-10-23(11-15-26)32-21-37-35(47-32)24-12-16-27(17-13-24)39-34(44)29-8-5-19-41(29)36(45)31-20-25-6-2-3-9-30(25)46-31/h2-3,6,9-17,20-21,28-29H,4-5,7-8,18-19H2,1H3,(H,38,43)(H,39,44)/t28-,29-/m0/s1. The van der Waals surface area contributed by atoms with E-state index < -0.39 is 12.1 Å². The molecule has 0 spiro atoms. The van der Waals surface area contributed by atoms with Crippen molar-refractivity contribution >= 4 is 46.0 Å². The third-order valence-electron chi connectivity index (χ3n) is 8.75. The number of benzene rings is 3. The van der Waals surface area contributed by atoms with Crippen molar-refractivity contribution in [3.63, 3.8) is 0 Å². The number of aromatic nitrogens is 1. The second-order valence-corrected chi connectivity index (χ2v) is 11.8. The molecule has 7 rings (SSSR count). The molecular weight excluding hydrogens is 598 g/mol. The van der Waals surface area contributed by atoms with E-state index in [2.05, 4.69) is 15.6 Å². The van der Waals surface area contributed by atoms with Crippen LogP contribution in [0, 0.1) is 0 Å². The fraction of sp³-hybridized carbons (Fsp3) is 0.250. The Kier molecular flexibility index (Phi) is 8.03. The van der Waals surface area contributed by atoms with E-state index in [1.807, 2.05) is 48.5 Å². The number of carbonyl (C=O) groups excluding carboxylic acids is 4. The molecule has 2 atom stereocenters. The Morgan fingerprint density at radius 2 is 1.34 bits per heavy atom. The maximum absolute atomic E-state index is 13.2. The summed E-state index contributed by atoms with van der Waals surface area (Å²) in [7, 11) is 0. The Balaban J connectivity index is 0.966. The van der Waals surface area contributed by atoms with Gasteiger partial charge < -0.3 is 29.3 Å². The first kappa shape index (κ1) is 30.0. The van der Waals surface area contributed by atoms with Gasteiger partial charge in [-0.2, -0.15) is 0 Å². The zero-order valence-corrected chi connectivity index (χ0v) is 25.8. The van der Waals surface area contributed by atoms with Crippen molar-refractivity contribution in [2.45, 2.75) is 44.7 Å². The van der Waals surface area contributed by atoms with E-state index in [1.54, 1.807) is 46.3 Å². The first-order valence-corrected chi connectivity index (χ1v) is 15.7. The molecule has 0 aliphatic carbocycles. The summed E-state index contributed by atoms with van der Waals surface area (Å²) in [4.78, 5) is 58.6. The average Bonchev–Trinajstić information content (AvgIpc) is 3.91. The molecule has 3 aromatic carbocycles. The van der Waals surface area contributed by atoms with E-state index in [1.165, 1.54) is 6.92 Å². The largest absolute Gasteiger partial charge is 0.451 e. The van der Waals surface area contributed by atoms with Crippen LogP contribution >= 0.6 is 0 Å². The molecule has 47 heavy (non-hydrogen) atoms. The van der Waals surface area contributed by atoms with E-state index in [0.717, 1.165) is 29.4 Å². The molecule has 2 aliphatic heterocycles. The second kappa shape index (κ2) is 12.6. The lowest BCUT2D eigenvalue weighted by Crippen LogP contribution is -2.43. The van der Waals surface area contributed by atoms with E-state index in [9.17, 15) is 19.2 Å². The highest BCUT2D eigenvalue weighted by Crippen LogP contribution is 2.29. The summed E-state index contributed by atoms with van der Waals surface area (Å²) in [5.41, 5.74) is 3.37. The highest BCUT2D eigenvalue weighted by molar-refractivity contribution is 6.02. The summed E-state index contributed by atoms with van der Waals surface area (Å²) >= 11 is 0. The van der Waals surface area contributed by atoms with Gasteiger partial charge >= 0.3 is 0 Å². The van der Waals surface area contributed by atoms with Gasteiger partial charge in [-0.3, -0.25) is 19.2 Å². The highest BCUT2D eigenvalue weighted by atomic mass is 16.4. The molecule has 0 bridgehead atoms. The molecule has 2 N–H and O–H groups in total. The lowest BCUT2D eigenvalue weighted by molar-refractivity contribution is -0.134. The summed E-state index contributed by atoms with van der Waals surface area (Å²) in [5, 5.41) is 6.68. The number of hydrogen-bond acceptors (Lipinski definition) is 7. The smallest absolute Gasteiger partial charge is 0.290 e. The van der Waals surface area contributed by atoms with Gasteiger partial charge in [0.2, 0.25) is 23.6 Å². The van der Waals surface area contributed by atoms with Crippen LogP contribution in [0.2, 0.25) is 0 Å². The van der Waals surface area contributed by atoms with Crippen molar-refractivity contribution < 1.29 is 28.0 Å². The molecule has 238 valence electrons. The summed E-state index contributed by atoms with van der Waals surface area (Å²) in [6.07, 6.45) is 4.40. The third kappa shape index (κ3) is 6.11. The van der Waals surface area contributed by atoms with Crippen LogP contribution in [0.15, 0.2) is 93.9 Å². The summed E-state index contributed by atoms with van der Waals surface area (Å²) in [6, 6.07) is 22.5. The van der Waals surface area contributed by atoms with Crippen LogP contribution in [-0.2, 0) is 14.4 Å². The normalized spacial score (nSPS) is 17.6. The molecule has 0 unspecified atom stereocenters. The van der Waals surface area contributed by atoms with E-state index >= 15 is 0 Å². The van der Waals surface area contributed by atoms with Crippen LogP contribution < -0.4 is 10.6 Å². The average molecular weight is 632 g/mol. The molecule has 4 amide bonds. The fourth-order valence-electron chi connectivity index (χ4n) is 6.33. The van der Waals surface area contributed by atoms with Crippen molar-refractivity contribution in [2.75, 3.05) is 23.7 Å². The first-order chi connectivity index (χ1) is 22.8. The Labute approximate surface area is 270 Å². The summed E-state index contributed by atoms with van der Waals surface area (Å²) in [5.74, 6) is 0.371. The fourth-order valence-corrected chi connectivity index (χ4v) is 6.33. The number of rotatable bonds is 7. The molecule has 11 heteroatoms. The quantitative estimate of drug-likeness (QED) is 0.227. The maximum atomic E-state index is 13.2. The van der Waals surface area contributed by atoms with Crippen LogP contribution in [0.3, 0.4) is 0 Å². The number of amides is 4. The van der Waals surface area contributed by atoms with E-state index in [0.29, 0.717) is 54.5 Å². The number of nitrogens with one attached hydrogen (secondary N) is 2. The number of nitrogens with zero attached hydrogens (tertiary/aromatic N) is 3. The van der Waals surface area contributed by atoms with Crippen LogP contribution in [0.5, 0.6) is 0 Å². The Bertz CT molecular complexity index is 1930. The minimum absolute atomic E-state index is 0.0947. The minimum Gasteiger partial charge on any atom is -0.451 e. The van der Waals surface area contributed by atoms with Crippen LogP contribution in [0.25, 0.3) is 33.7 Å².